The lowest BCUT2D eigenvalue weighted by atomic mass is 9.48. The number of amides is 1. The molecule has 108 valence electrons. The Hall–Kier alpha value is -0.865. The zero-order valence-corrected chi connectivity index (χ0v) is 14.0. The Morgan fingerprint density at radius 3 is 2.43 bits per heavy atom. The molecule has 1 fully saturated rings. The number of hydrogen-bond acceptors (Lipinski definition) is 2. The molecule has 3 nitrogen and oxygen atoms in total. The Morgan fingerprint density at radius 2 is 1.86 bits per heavy atom. The number of carbonyl (C=O) groups is 1. The second-order valence-electron chi connectivity index (χ2n) is 7.36. The fraction of sp³-hybridized carbons (Fsp3) is 0.500. The molecule has 1 saturated heterocycles. The maximum Gasteiger partial charge on any atom is 0.236 e. The number of anilines is 1. The van der Waals surface area contributed by atoms with Crippen LogP contribution in [0.1, 0.15) is 18.4 Å². The number of halogens is 1. The van der Waals surface area contributed by atoms with Gasteiger partial charge in [0, 0.05) is 10.7 Å². The first kappa shape index (κ1) is 15.0. The summed E-state index contributed by atoms with van der Waals surface area (Å²) in [5, 5.41) is 0.502. The maximum absolute atomic E-state index is 13.3. The van der Waals surface area contributed by atoms with Gasteiger partial charge in [0.25, 0.3) is 0 Å². The summed E-state index contributed by atoms with van der Waals surface area (Å²) in [7, 11) is 8.40. The molecule has 0 aliphatic carbocycles. The van der Waals surface area contributed by atoms with Crippen molar-refractivity contribution in [1.82, 2.24) is 4.90 Å². The first-order chi connectivity index (χ1) is 9.75. The van der Waals surface area contributed by atoms with Gasteiger partial charge < -0.3 is 9.80 Å². The molecule has 0 N–H and O–H groups in total. The van der Waals surface area contributed by atoms with Gasteiger partial charge in [0.1, 0.15) is 23.5 Å². The van der Waals surface area contributed by atoms with E-state index in [0.717, 1.165) is 42.2 Å². The number of benzene rings is 1. The zero-order chi connectivity index (χ0) is 15.4. The van der Waals surface area contributed by atoms with Crippen LogP contribution < -0.4 is 4.90 Å². The molecule has 2 heterocycles. The topological polar surface area (TPSA) is 23.6 Å². The lowest BCUT2D eigenvalue weighted by molar-refractivity contribution is -0.124. The summed E-state index contributed by atoms with van der Waals surface area (Å²) in [6.45, 7) is 1.91. The molecule has 1 aromatic rings. The molecule has 21 heavy (non-hydrogen) atoms. The van der Waals surface area contributed by atoms with E-state index in [4.69, 9.17) is 11.6 Å². The third-order valence-corrected chi connectivity index (χ3v) is 5.07. The molecule has 2 aliphatic heterocycles. The fourth-order valence-electron chi connectivity index (χ4n) is 3.67. The highest BCUT2D eigenvalue weighted by atomic mass is 35.5. The third-order valence-electron chi connectivity index (χ3n) is 4.84. The van der Waals surface area contributed by atoms with E-state index in [9.17, 15) is 4.79 Å². The molecule has 3 rings (SSSR count). The first-order valence-electron chi connectivity index (χ1n) is 7.59. The molecule has 0 aromatic heterocycles. The van der Waals surface area contributed by atoms with Crippen molar-refractivity contribution in [1.29, 1.82) is 0 Å². The van der Waals surface area contributed by atoms with Gasteiger partial charge in [-0.15, -0.1) is 0 Å². The Bertz CT molecular complexity index is 594. The molecular formula is C14H20B3ClN2O. The number of fused-ring (bicyclic) bond motifs is 2. The summed E-state index contributed by atoms with van der Waals surface area (Å²) in [6, 6.07) is 5.90. The van der Waals surface area contributed by atoms with Crippen molar-refractivity contribution in [3.05, 3.63) is 28.8 Å². The van der Waals surface area contributed by atoms with Crippen LogP contribution in [-0.4, -0.2) is 59.7 Å². The van der Waals surface area contributed by atoms with Crippen molar-refractivity contribution < 1.29 is 4.79 Å². The monoisotopic (exact) mass is 300 g/mol. The van der Waals surface area contributed by atoms with E-state index < -0.39 is 0 Å². The van der Waals surface area contributed by atoms with Gasteiger partial charge in [0.15, 0.2) is 0 Å². The zero-order valence-electron chi connectivity index (χ0n) is 13.2. The van der Waals surface area contributed by atoms with Gasteiger partial charge in [-0.05, 0) is 62.0 Å². The molecule has 1 aromatic carbocycles. The smallest absolute Gasteiger partial charge is 0.236 e. The number of piperidine rings is 1. The summed E-state index contributed by atoms with van der Waals surface area (Å²) in [6.07, 6.45) is 1.75. The molecule has 1 amide bonds. The third kappa shape index (κ3) is 2.24. The highest BCUT2D eigenvalue weighted by Gasteiger charge is 2.53. The van der Waals surface area contributed by atoms with Crippen molar-refractivity contribution in [2.45, 2.75) is 23.5 Å². The summed E-state index contributed by atoms with van der Waals surface area (Å²) >= 11 is 6.22. The highest BCUT2D eigenvalue weighted by molar-refractivity contribution is 6.62. The molecule has 2 aliphatic rings. The standard InChI is InChI=1S/C14H20B3ClN2O/c1-19-6-4-13(5-7-19)10-8-9(18)2-3-11(10)20(12(13)21)14(15,16)17/h2-3,8H,4-7,15-17H2,1H3. The molecule has 7 heteroatoms. The van der Waals surface area contributed by atoms with Crippen LogP contribution in [0, 0.1) is 0 Å². The van der Waals surface area contributed by atoms with Crippen LogP contribution in [0.5, 0.6) is 0 Å². The summed E-state index contributed by atoms with van der Waals surface area (Å²) in [5.74, 6) is 0.250. The van der Waals surface area contributed by atoms with Crippen molar-refractivity contribution >= 4 is 46.7 Å². The average Bonchev–Trinajstić information content (AvgIpc) is 2.63. The van der Waals surface area contributed by atoms with Crippen molar-refractivity contribution in [3.63, 3.8) is 0 Å². The van der Waals surface area contributed by atoms with Crippen LogP contribution in [0.2, 0.25) is 5.02 Å². The second kappa shape index (κ2) is 4.82. The SMILES string of the molecule is BC(B)(B)N1C(=O)C2(CCN(C)CC2)c2cc(Cl)ccc21. The van der Waals surface area contributed by atoms with Gasteiger partial charge >= 0.3 is 0 Å². The van der Waals surface area contributed by atoms with Crippen LogP contribution in [0.25, 0.3) is 0 Å². The number of carbonyl (C=O) groups excluding carboxylic acids is 1. The molecule has 0 bridgehead atoms. The van der Waals surface area contributed by atoms with Gasteiger partial charge in [-0.3, -0.25) is 4.79 Å². The molecule has 0 atom stereocenters. The predicted octanol–water partition coefficient (Wildman–Crippen LogP) is -0.839. The van der Waals surface area contributed by atoms with Gasteiger partial charge in [0.2, 0.25) is 5.91 Å². The van der Waals surface area contributed by atoms with Gasteiger partial charge in [-0.25, -0.2) is 0 Å². The van der Waals surface area contributed by atoms with Gasteiger partial charge in [-0.1, -0.05) is 11.6 Å². The minimum Gasteiger partial charge on any atom is -0.329 e. The normalized spacial score (nSPS) is 21.8. The first-order valence-corrected chi connectivity index (χ1v) is 7.97. The van der Waals surface area contributed by atoms with Crippen LogP contribution in [0.4, 0.5) is 5.69 Å². The van der Waals surface area contributed by atoms with E-state index in [0.29, 0.717) is 0 Å². The molecule has 0 saturated carbocycles. The Morgan fingerprint density at radius 1 is 1.24 bits per heavy atom. The van der Waals surface area contributed by atoms with Crippen LogP contribution in [0.15, 0.2) is 18.2 Å². The Balaban J connectivity index is 2.16. The van der Waals surface area contributed by atoms with Crippen molar-refractivity contribution in [2.24, 2.45) is 0 Å². The minimum absolute atomic E-state index is 0.216. The van der Waals surface area contributed by atoms with E-state index in [2.05, 4.69) is 35.5 Å². The number of likely N-dealkylation sites (tertiary alicyclic amines) is 1. The van der Waals surface area contributed by atoms with E-state index in [-0.39, 0.29) is 16.6 Å². The van der Waals surface area contributed by atoms with E-state index in [1.165, 1.54) is 0 Å². The quantitative estimate of drug-likeness (QED) is 0.632. The lowest BCUT2D eigenvalue weighted by Crippen LogP contribution is -2.57. The Kier molecular flexibility index (Phi) is 3.45. The summed E-state index contributed by atoms with van der Waals surface area (Å²) in [5.41, 5.74) is 1.80. The molecular weight excluding hydrogens is 280 g/mol. The van der Waals surface area contributed by atoms with Crippen LogP contribution >= 0.6 is 11.6 Å². The predicted molar refractivity (Wildman–Crippen MR) is 95.7 cm³/mol. The number of hydrogen-bond donors (Lipinski definition) is 0. The molecule has 1 spiro atoms. The van der Waals surface area contributed by atoms with E-state index in [1.807, 2.05) is 23.1 Å². The number of nitrogens with zero attached hydrogens (tertiary/aromatic N) is 2. The Labute approximate surface area is 134 Å². The average molecular weight is 300 g/mol. The fourth-order valence-corrected chi connectivity index (χ4v) is 3.85. The van der Waals surface area contributed by atoms with E-state index >= 15 is 0 Å². The van der Waals surface area contributed by atoms with Gasteiger partial charge in [-0.2, -0.15) is 0 Å². The van der Waals surface area contributed by atoms with Crippen LogP contribution in [0.3, 0.4) is 0 Å². The van der Waals surface area contributed by atoms with Crippen molar-refractivity contribution in [2.75, 3.05) is 25.0 Å². The van der Waals surface area contributed by atoms with Gasteiger partial charge in [0.05, 0.1) is 5.41 Å². The molecule has 0 radical (unpaired) electrons. The largest absolute Gasteiger partial charge is 0.329 e. The second-order valence-corrected chi connectivity index (χ2v) is 7.79. The highest BCUT2D eigenvalue weighted by Crippen LogP contribution is 2.49. The lowest BCUT2D eigenvalue weighted by Gasteiger charge is -2.39. The summed E-state index contributed by atoms with van der Waals surface area (Å²) < 4.78 is 0. The summed E-state index contributed by atoms with van der Waals surface area (Å²) in [4.78, 5) is 17.5. The van der Waals surface area contributed by atoms with Crippen molar-refractivity contribution in [3.8, 4) is 0 Å². The maximum atomic E-state index is 13.3. The van der Waals surface area contributed by atoms with Crippen LogP contribution in [-0.2, 0) is 10.2 Å². The molecule has 0 unspecified atom stereocenters. The minimum atomic E-state index is -0.375. The number of rotatable bonds is 1. The van der Waals surface area contributed by atoms with E-state index in [1.54, 1.807) is 0 Å².